The molecule has 0 atom stereocenters. The van der Waals surface area contributed by atoms with Crippen molar-refractivity contribution in [3.63, 3.8) is 0 Å². The summed E-state index contributed by atoms with van der Waals surface area (Å²) in [6.07, 6.45) is 2.12. The van der Waals surface area contributed by atoms with E-state index in [-0.39, 0.29) is 17.0 Å². The van der Waals surface area contributed by atoms with Crippen LogP contribution < -0.4 is 0 Å². The Labute approximate surface area is 133 Å². The van der Waals surface area contributed by atoms with Gasteiger partial charge in [-0.2, -0.15) is 0 Å². The third-order valence-electron chi connectivity index (χ3n) is 3.75. The largest absolute Gasteiger partial charge is 0.310 e. The Morgan fingerprint density at radius 3 is 2.29 bits per heavy atom. The van der Waals surface area contributed by atoms with Gasteiger partial charge in [0, 0.05) is 18.3 Å². The summed E-state index contributed by atoms with van der Waals surface area (Å²) in [7, 11) is 0. The first-order valence-corrected chi connectivity index (χ1v) is 6.90. The third-order valence-corrected chi connectivity index (χ3v) is 3.75. The Morgan fingerprint density at radius 1 is 0.905 bits per heavy atom. The van der Waals surface area contributed by atoms with Crippen LogP contribution in [0.5, 0.6) is 0 Å². The summed E-state index contributed by atoms with van der Waals surface area (Å²) in [5.74, 6) is 1.01. The van der Waals surface area contributed by atoms with Crippen molar-refractivity contribution in [3.8, 4) is 11.3 Å². The summed E-state index contributed by atoms with van der Waals surface area (Å²) in [6, 6.07) is 18.8. The standard InChI is InChI=1S/C17H15N3.BrH/c1-2-19-15-10-6-7-11-16(15)20-12-14(18-17(19)20)13-8-4-3-5-9-13;/h3-12H,2H2,1H3;1H. The molecular formula is C17H16BrN3. The van der Waals surface area contributed by atoms with E-state index in [4.69, 9.17) is 4.98 Å². The smallest absolute Gasteiger partial charge is 0.215 e. The molecular weight excluding hydrogens is 326 g/mol. The SMILES string of the molecule is Br.CCn1c2ccccc2n2cc(-c3ccccc3)nc12. The Bertz CT molecular complexity index is 890. The normalized spacial score (nSPS) is 10.9. The summed E-state index contributed by atoms with van der Waals surface area (Å²) in [6.45, 7) is 3.07. The van der Waals surface area contributed by atoms with E-state index in [1.807, 2.05) is 18.2 Å². The molecule has 0 N–H and O–H groups in total. The van der Waals surface area contributed by atoms with Crippen molar-refractivity contribution < 1.29 is 0 Å². The molecule has 0 fully saturated rings. The number of nitrogens with zero attached hydrogens (tertiary/aromatic N) is 3. The maximum Gasteiger partial charge on any atom is 0.215 e. The lowest BCUT2D eigenvalue weighted by Gasteiger charge is -1.99. The Balaban J connectivity index is 0.00000132. The lowest BCUT2D eigenvalue weighted by molar-refractivity contribution is 0.807. The molecule has 0 unspecified atom stereocenters. The van der Waals surface area contributed by atoms with Crippen LogP contribution in [0.2, 0.25) is 0 Å². The number of benzene rings is 2. The van der Waals surface area contributed by atoms with Gasteiger partial charge in [-0.15, -0.1) is 17.0 Å². The summed E-state index contributed by atoms with van der Waals surface area (Å²) >= 11 is 0. The van der Waals surface area contributed by atoms with Crippen LogP contribution in [0.15, 0.2) is 60.8 Å². The molecule has 0 aliphatic rings. The van der Waals surface area contributed by atoms with Gasteiger partial charge in [0.2, 0.25) is 5.78 Å². The first kappa shape index (κ1) is 13.9. The zero-order valence-electron chi connectivity index (χ0n) is 11.7. The second-order valence-electron chi connectivity index (χ2n) is 4.90. The highest BCUT2D eigenvalue weighted by Crippen LogP contribution is 2.25. The second kappa shape index (κ2) is 5.37. The molecule has 0 saturated carbocycles. The zero-order valence-corrected chi connectivity index (χ0v) is 13.4. The number of rotatable bonds is 2. The molecule has 4 heteroatoms. The molecule has 0 bridgehead atoms. The van der Waals surface area contributed by atoms with Gasteiger partial charge in [0.15, 0.2) is 0 Å². The van der Waals surface area contributed by atoms with Gasteiger partial charge in [-0.3, -0.25) is 4.40 Å². The number of halogens is 1. The Morgan fingerprint density at radius 2 is 1.57 bits per heavy atom. The van der Waals surface area contributed by atoms with Crippen molar-refractivity contribution >= 4 is 33.8 Å². The number of imidazole rings is 2. The van der Waals surface area contributed by atoms with Crippen molar-refractivity contribution in [2.24, 2.45) is 0 Å². The van der Waals surface area contributed by atoms with Crippen molar-refractivity contribution in [2.45, 2.75) is 13.5 Å². The Hall–Kier alpha value is -2.07. The number of aryl methyl sites for hydroxylation is 1. The van der Waals surface area contributed by atoms with Crippen LogP contribution in [0.4, 0.5) is 0 Å². The van der Waals surface area contributed by atoms with E-state index in [2.05, 4.69) is 58.5 Å². The molecule has 4 rings (SSSR count). The van der Waals surface area contributed by atoms with E-state index < -0.39 is 0 Å². The third kappa shape index (κ3) is 2.07. The van der Waals surface area contributed by atoms with Gasteiger partial charge >= 0.3 is 0 Å². The minimum absolute atomic E-state index is 0. The molecule has 2 aromatic heterocycles. The predicted octanol–water partition coefficient (Wildman–Crippen LogP) is 4.55. The molecule has 21 heavy (non-hydrogen) atoms. The molecule has 2 aromatic carbocycles. The van der Waals surface area contributed by atoms with E-state index in [0.717, 1.165) is 23.6 Å². The average Bonchev–Trinajstić information content (AvgIpc) is 3.05. The van der Waals surface area contributed by atoms with E-state index in [0.29, 0.717) is 0 Å². The fourth-order valence-corrected chi connectivity index (χ4v) is 2.80. The van der Waals surface area contributed by atoms with Gasteiger partial charge in [-0.05, 0) is 19.1 Å². The maximum atomic E-state index is 4.82. The number of para-hydroxylation sites is 2. The predicted molar refractivity (Wildman–Crippen MR) is 92.1 cm³/mol. The molecule has 0 saturated heterocycles. The molecule has 4 aromatic rings. The second-order valence-corrected chi connectivity index (χ2v) is 4.90. The van der Waals surface area contributed by atoms with Gasteiger partial charge in [-0.25, -0.2) is 4.98 Å². The number of hydrogen-bond acceptors (Lipinski definition) is 1. The van der Waals surface area contributed by atoms with Gasteiger partial charge < -0.3 is 4.57 Å². The number of hydrogen-bond donors (Lipinski definition) is 0. The molecule has 0 spiro atoms. The molecule has 0 aliphatic carbocycles. The summed E-state index contributed by atoms with van der Waals surface area (Å²) in [5, 5.41) is 0. The van der Waals surface area contributed by atoms with Gasteiger partial charge in [0.05, 0.1) is 16.7 Å². The molecule has 0 radical (unpaired) electrons. The van der Waals surface area contributed by atoms with Crippen molar-refractivity contribution in [1.82, 2.24) is 14.0 Å². The van der Waals surface area contributed by atoms with Crippen LogP contribution in [0.3, 0.4) is 0 Å². The van der Waals surface area contributed by atoms with Crippen LogP contribution in [-0.4, -0.2) is 14.0 Å². The van der Waals surface area contributed by atoms with Crippen molar-refractivity contribution in [2.75, 3.05) is 0 Å². The quantitative estimate of drug-likeness (QED) is 0.524. The van der Waals surface area contributed by atoms with Gasteiger partial charge in [-0.1, -0.05) is 42.5 Å². The van der Waals surface area contributed by atoms with Crippen LogP contribution in [0.25, 0.3) is 28.1 Å². The zero-order chi connectivity index (χ0) is 13.5. The minimum Gasteiger partial charge on any atom is -0.310 e. The fraction of sp³-hybridized carbons (Fsp3) is 0.118. The molecule has 106 valence electrons. The summed E-state index contributed by atoms with van der Waals surface area (Å²) in [4.78, 5) is 4.82. The highest BCUT2D eigenvalue weighted by atomic mass is 79.9. The summed E-state index contributed by atoms with van der Waals surface area (Å²) < 4.78 is 4.43. The maximum absolute atomic E-state index is 4.82. The highest BCUT2D eigenvalue weighted by Gasteiger charge is 2.12. The van der Waals surface area contributed by atoms with Crippen LogP contribution in [-0.2, 0) is 6.54 Å². The van der Waals surface area contributed by atoms with Crippen LogP contribution >= 0.6 is 17.0 Å². The van der Waals surface area contributed by atoms with E-state index in [9.17, 15) is 0 Å². The lowest BCUT2D eigenvalue weighted by Crippen LogP contribution is -1.94. The number of fused-ring (bicyclic) bond motifs is 3. The van der Waals surface area contributed by atoms with E-state index in [1.54, 1.807) is 0 Å². The first-order chi connectivity index (χ1) is 9.88. The van der Waals surface area contributed by atoms with Gasteiger partial charge in [0.1, 0.15) is 0 Å². The molecule has 0 aliphatic heterocycles. The monoisotopic (exact) mass is 341 g/mol. The van der Waals surface area contributed by atoms with Crippen molar-refractivity contribution in [3.05, 3.63) is 60.8 Å². The lowest BCUT2D eigenvalue weighted by atomic mass is 10.2. The van der Waals surface area contributed by atoms with E-state index >= 15 is 0 Å². The van der Waals surface area contributed by atoms with Crippen LogP contribution in [0, 0.1) is 0 Å². The molecule has 0 amide bonds. The number of aromatic nitrogens is 3. The summed E-state index contributed by atoms with van der Waals surface area (Å²) in [5.41, 5.74) is 4.62. The topological polar surface area (TPSA) is 22.2 Å². The molecule has 3 nitrogen and oxygen atoms in total. The first-order valence-electron chi connectivity index (χ1n) is 6.90. The molecule has 2 heterocycles. The fourth-order valence-electron chi connectivity index (χ4n) is 2.80. The minimum atomic E-state index is 0. The van der Waals surface area contributed by atoms with E-state index in [1.165, 1.54) is 11.0 Å². The average molecular weight is 342 g/mol. The Kier molecular flexibility index (Phi) is 3.55. The van der Waals surface area contributed by atoms with Gasteiger partial charge in [0.25, 0.3) is 0 Å². The van der Waals surface area contributed by atoms with Crippen molar-refractivity contribution in [1.29, 1.82) is 0 Å². The van der Waals surface area contributed by atoms with Crippen LogP contribution in [0.1, 0.15) is 6.92 Å². The highest BCUT2D eigenvalue weighted by molar-refractivity contribution is 8.93.